The van der Waals surface area contributed by atoms with Crippen LogP contribution in [0.1, 0.15) is 45.4 Å². The molecule has 0 aromatic rings. The highest BCUT2D eigenvalue weighted by Crippen LogP contribution is 2.35. The van der Waals surface area contributed by atoms with Crippen LogP contribution in [0.15, 0.2) is 0 Å². The summed E-state index contributed by atoms with van der Waals surface area (Å²) in [7, 11) is 1.74. The van der Waals surface area contributed by atoms with Crippen molar-refractivity contribution in [3.63, 3.8) is 0 Å². The van der Waals surface area contributed by atoms with Crippen LogP contribution in [0.25, 0.3) is 0 Å². The number of methoxy groups -OCH3 is 1. The molecule has 0 amide bonds. The van der Waals surface area contributed by atoms with Crippen LogP contribution in [0.5, 0.6) is 0 Å². The first-order valence-corrected chi connectivity index (χ1v) is 6.56. The first-order chi connectivity index (χ1) is 7.72. The fraction of sp³-hybridized carbons (Fsp3) is 1.00. The molecule has 1 unspecified atom stereocenters. The number of aliphatic hydroxyl groups excluding tert-OH is 1. The lowest BCUT2D eigenvalue weighted by molar-refractivity contribution is 0.0771. The fourth-order valence-electron chi connectivity index (χ4n) is 2.48. The molecule has 0 heterocycles. The largest absolute Gasteiger partial charge is 0.396 e. The Labute approximate surface area is 99.6 Å². The molecule has 0 saturated heterocycles. The minimum atomic E-state index is 0.152. The van der Waals surface area contributed by atoms with Gasteiger partial charge in [0, 0.05) is 38.3 Å². The van der Waals surface area contributed by atoms with Gasteiger partial charge in [-0.2, -0.15) is 0 Å². The minimum absolute atomic E-state index is 0.152. The molecule has 1 saturated carbocycles. The summed E-state index contributed by atoms with van der Waals surface area (Å²) in [6.45, 7) is 4.28. The standard InChI is InChI=1S/C13H27NO2/c1-12(6-9-16-2)14-10-13(11-15)7-4-3-5-8-13/h12,14-15H,3-11H2,1-2H3. The van der Waals surface area contributed by atoms with Gasteiger partial charge in [-0.15, -0.1) is 0 Å². The van der Waals surface area contributed by atoms with Gasteiger partial charge < -0.3 is 15.2 Å². The maximum atomic E-state index is 9.57. The molecule has 2 N–H and O–H groups in total. The maximum absolute atomic E-state index is 9.57. The highest BCUT2D eigenvalue weighted by molar-refractivity contribution is 4.85. The maximum Gasteiger partial charge on any atom is 0.0499 e. The van der Waals surface area contributed by atoms with Crippen LogP contribution in [0.3, 0.4) is 0 Å². The number of hydrogen-bond acceptors (Lipinski definition) is 3. The van der Waals surface area contributed by atoms with E-state index in [0.29, 0.717) is 12.6 Å². The first-order valence-electron chi connectivity index (χ1n) is 6.56. The lowest BCUT2D eigenvalue weighted by atomic mass is 9.74. The van der Waals surface area contributed by atoms with Gasteiger partial charge >= 0.3 is 0 Å². The molecule has 3 nitrogen and oxygen atoms in total. The van der Waals surface area contributed by atoms with E-state index in [0.717, 1.165) is 19.6 Å². The molecule has 0 aromatic carbocycles. The molecule has 1 fully saturated rings. The molecule has 16 heavy (non-hydrogen) atoms. The number of aliphatic hydroxyl groups is 1. The van der Waals surface area contributed by atoms with Gasteiger partial charge in [-0.25, -0.2) is 0 Å². The Hall–Kier alpha value is -0.120. The predicted octanol–water partition coefficient (Wildman–Crippen LogP) is 1.94. The SMILES string of the molecule is COCCC(C)NCC1(CO)CCCCC1. The van der Waals surface area contributed by atoms with E-state index in [4.69, 9.17) is 4.74 Å². The molecule has 1 aliphatic carbocycles. The molecule has 0 radical (unpaired) electrons. The van der Waals surface area contributed by atoms with E-state index in [1.807, 2.05) is 0 Å². The van der Waals surface area contributed by atoms with E-state index in [9.17, 15) is 5.11 Å². The zero-order valence-corrected chi connectivity index (χ0v) is 10.8. The smallest absolute Gasteiger partial charge is 0.0499 e. The average molecular weight is 229 g/mol. The lowest BCUT2D eigenvalue weighted by Crippen LogP contribution is -2.42. The molecule has 0 aliphatic heterocycles. The second kappa shape index (κ2) is 7.25. The van der Waals surface area contributed by atoms with Gasteiger partial charge in [-0.05, 0) is 26.2 Å². The molecule has 0 aromatic heterocycles. The Bertz CT molecular complexity index is 179. The number of hydrogen-bond donors (Lipinski definition) is 2. The van der Waals surface area contributed by atoms with E-state index in [1.165, 1.54) is 32.1 Å². The van der Waals surface area contributed by atoms with Crippen molar-refractivity contribution >= 4 is 0 Å². The molecule has 0 bridgehead atoms. The van der Waals surface area contributed by atoms with Crippen LogP contribution in [-0.4, -0.2) is 38.0 Å². The highest BCUT2D eigenvalue weighted by Gasteiger charge is 2.31. The van der Waals surface area contributed by atoms with Gasteiger partial charge in [0.2, 0.25) is 0 Å². The monoisotopic (exact) mass is 229 g/mol. The Morgan fingerprint density at radius 1 is 1.31 bits per heavy atom. The third kappa shape index (κ3) is 4.40. The predicted molar refractivity (Wildman–Crippen MR) is 66.6 cm³/mol. The van der Waals surface area contributed by atoms with Crippen molar-refractivity contribution in [2.75, 3.05) is 26.9 Å². The van der Waals surface area contributed by atoms with Crippen molar-refractivity contribution < 1.29 is 9.84 Å². The Morgan fingerprint density at radius 2 is 2.00 bits per heavy atom. The Balaban J connectivity index is 2.27. The fourth-order valence-corrected chi connectivity index (χ4v) is 2.48. The zero-order chi connectivity index (χ0) is 11.9. The molecule has 0 spiro atoms. The molecule has 96 valence electrons. The summed E-state index contributed by atoms with van der Waals surface area (Å²) in [4.78, 5) is 0. The molecule has 1 aliphatic rings. The van der Waals surface area contributed by atoms with Gasteiger partial charge in [-0.3, -0.25) is 0 Å². The summed E-state index contributed by atoms with van der Waals surface area (Å²) >= 11 is 0. The topological polar surface area (TPSA) is 41.5 Å². The van der Waals surface area contributed by atoms with Crippen molar-refractivity contribution in [3.8, 4) is 0 Å². The summed E-state index contributed by atoms with van der Waals surface area (Å²) in [6, 6.07) is 0.477. The minimum Gasteiger partial charge on any atom is -0.396 e. The Morgan fingerprint density at radius 3 is 2.56 bits per heavy atom. The third-order valence-corrected chi connectivity index (χ3v) is 3.83. The molecule has 1 atom stereocenters. The van der Waals surface area contributed by atoms with Crippen LogP contribution in [0.2, 0.25) is 0 Å². The zero-order valence-electron chi connectivity index (χ0n) is 10.8. The van der Waals surface area contributed by atoms with E-state index >= 15 is 0 Å². The van der Waals surface area contributed by atoms with Gasteiger partial charge in [0.25, 0.3) is 0 Å². The lowest BCUT2D eigenvalue weighted by Gasteiger charge is -2.36. The summed E-state index contributed by atoms with van der Waals surface area (Å²) in [6.07, 6.45) is 7.27. The van der Waals surface area contributed by atoms with Crippen LogP contribution in [-0.2, 0) is 4.74 Å². The number of nitrogens with one attached hydrogen (secondary N) is 1. The second-order valence-corrected chi connectivity index (χ2v) is 5.28. The van der Waals surface area contributed by atoms with Crippen molar-refractivity contribution in [1.29, 1.82) is 0 Å². The van der Waals surface area contributed by atoms with Crippen molar-refractivity contribution in [2.45, 2.75) is 51.5 Å². The van der Waals surface area contributed by atoms with Gasteiger partial charge in [0.05, 0.1) is 0 Å². The molecular formula is C13H27NO2. The molecule has 3 heteroatoms. The van der Waals surface area contributed by atoms with E-state index in [2.05, 4.69) is 12.2 Å². The Kier molecular flexibility index (Phi) is 6.32. The van der Waals surface area contributed by atoms with Crippen molar-refractivity contribution in [3.05, 3.63) is 0 Å². The summed E-state index contributed by atoms with van der Waals surface area (Å²) in [5.74, 6) is 0. The summed E-state index contributed by atoms with van der Waals surface area (Å²) in [5, 5.41) is 13.1. The van der Waals surface area contributed by atoms with Crippen LogP contribution >= 0.6 is 0 Å². The van der Waals surface area contributed by atoms with E-state index in [-0.39, 0.29) is 5.41 Å². The third-order valence-electron chi connectivity index (χ3n) is 3.83. The van der Waals surface area contributed by atoms with Crippen molar-refractivity contribution in [2.24, 2.45) is 5.41 Å². The first kappa shape index (κ1) is 13.9. The molecular weight excluding hydrogens is 202 g/mol. The summed E-state index contributed by atoms with van der Waals surface area (Å²) in [5.41, 5.74) is 0.152. The van der Waals surface area contributed by atoms with E-state index < -0.39 is 0 Å². The molecule has 1 rings (SSSR count). The van der Waals surface area contributed by atoms with Crippen LogP contribution < -0.4 is 5.32 Å². The van der Waals surface area contributed by atoms with Crippen LogP contribution in [0, 0.1) is 5.41 Å². The van der Waals surface area contributed by atoms with Gasteiger partial charge in [0.15, 0.2) is 0 Å². The summed E-state index contributed by atoms with van der Waals surface area (Å²) < 4.78 is 5.07. The average Bonchev–Trinajstić information content (AvgIpc) is 2.35. The number of ether oxygens (including phenoxy) is 1. The van der Waals surface area contributed by atoms with E-state index in [1.54, 1.807) is 7.11 Å². The quantitative estimate of drug-likeness (QED) is 0.701. The van der Waals surface area contributed by atoms with Gasteiger partial charge in [-0.1, -0.05) is 19.3 Å². The van der Waals surface area contributed by atoms with Crippen molar-refractivity contribution in [1.82, 2.24) is 5.32 Å². The van der Waals surface area contributed by atoms with Gasteiger partial charge in [0.1, 0.15) is 0 Å². The van der Waals surface area contributed by atoms with Crippen LogP contribution in [0.4, 0.5) is 0 Å². The number of rotatable bonds is 7. The normalized spacial score (nSPS) is 21.9. The highest BCUT2D eigenvalue weighted by atomic mass is 16.5. The second-order valence-electron chi connectivity index (χ2n) is 5.28.